The molecule has 0 aliphatic heterocycles. The number of carbonyl (C=O) groups excluding carboxylic acids is 1. The van der Waals surface area contributed by atoms with Crippen molar-refractivity contribution in [1.29, 1.82) is 0 Å². The molecule has 1 rings (SSSR count). The molecule has 3 nitrogen and oxygen atoms in total. The van der Waals surface area contributed by atoms with Gasteiger partial charge in [0.15, 0.2) is 0 Å². The lowest BCUT2D eigenvalue weighted by molar-refractivity contribution is -0.138. The third-order valence-corrected chi connectivity index (χ3v) is 3.64. The Labute approximate surface area is 98.8 Å². The van der Waals surface area contributed by atoms with E-state index in [0.717, 1.165) is 6.42 Å². The van der Waals surface area contributed by atoms with Crippen molar-refractivity contribution < 1.29 is 9.90 Å². The first-order chi connectivity index (χ1) is 7.57. The van der Waals surface area contributed by atoms with Crippen molar-refractivity contribution in [2.24, 2.45) is 11.8 Å². The molecule has 3 heteroatoms. The van der Waals surface area contributed by atoms with Crippen molar-refractivity contribution in [3.8, 4) is 0 Å². The molecule has 1 aliphatic rings. The minimum absolute atomic E-state index is 0.163. The summed E-state index contributed by atoms with van der Waals surface area (Å²) < 4.78 is 0. The van der Waals surface area contributed by atoms with Gasteiger partial charge in [0.25, 0.3) is 0 Å². The number of amides is 1. The Morgan fingerprint density at radius 2 is 2.12 bits per heavy atom. The summed E-state index contributed by atoms with van der Waals surface area (Å²) in [7, 11) is 0. The highest BCUT2D eigenvalue weighted by Gasteiger charge is 2.33. The Morgan fingerprint density at radius 1 is 1.44 bits per heavy atom. The summed E-state index contributed by atoms with van der Waals surface area (Å²) in [5.41, 5.74) is 0. The largest absolute Gasteiger partial charge is 0.396 e. The molecule has 94 valence electrons. The SMILES string of the molecule is CC1CCCC1C(=O)N(CCCO)C(C)C. The van der Waals surface area contributed by atoms with E-state index >= 15 is 0 Å². The molecular formula is C13H25NO2. The van der Waals surface area contributed by atoms with Crippen molar-refractivity contribution in [2.75, 3.05) is 13.2 Å². The Hall–Kier alpha value is -0.570. The summed E-state index contributed by atoms with van der Waals surface area (Å²) in [6.45, 7) is 7.14. The first-order valence-electron chi connectivity index (χ1n) is 6.49. The first-order valence-corrected chi connectivity index (χ1v) is 6.49. The summed E-state index contributed by atoms with van der Waals surface area (Å²) in [5.74, 6) is 1.05. The summed E-state index contributed by atoms with van der Waals surface area (Å²) in [4.78, 5) is 14.3. The predicted octanol–water partition coefficient (Wildman–Crippen LogP) is 2.04. The molecule has 0 aromatic carbocycles. The van der Waals surface area contributed by atoms with E-state index in [1.165, 1.54) is 12.8 Å². The number of rotatable bonds is 5. The summed E-state index contributed by atoms with van der Waals surface area (Å²) in [6, 6.07) is 0.242. The molecule has 1 N–H and O–H groups in total. The highest BCUT2D eigenvalue weighted by atomic mass is 16.3. The normalized spacial score (nSPS) is 25.1. The number of carbonyl (C=O) groups is 1. The summed E-state index contributed by atoms with van der Waals surface area (Å²) in [6.07, 6.45) is 4.10. The fourth-order valence-corrected chi connectivity index (χ4v) is 2.59. The zero-order valence-electron chi connectivity index (χ0n) is 10.8. The second kappa shape index (κ2) is 6.24. The lowest BCUT2D eigenvalue weighted by atomic mass is 9.96. The molecule has 1 amide bonds. The first kappa shape index (κ1) is 13.5. The Balaban J connectivity index is 2.59. The van der Waals surface area contributed by atoms with E-state index in [4.69, 9.17) is 5.11 Å². The molecule has 0 heterocycles. The van der Waals surface area contributed by atoms with Crippen LogP contribution in [-0.4, -0.2) is 35.1 Å². The van der Waals surface area contributed by atoms with Crippen LogP contribution in [0, 0.1) is 11.8 Å². The van der Waals surface area contributed by atoms with Crippen LogP contribution in [-0.2, 0) is 4.79 Å². The van der Waals surface area contributed by atoms with Crippen molar-refractivity contribution in [3.63, 3.8) is 0 Å². The topological polar surface area (TPSA) is 40.5 Å². The standard InChI is InChI=1S/C13H25NO2/c1-10(2)14(8-5-9-15)13(16)12-7-4-6-11(12)3/h10-12,15H,4-9H2,1-3H3. The van der Waals surface area contributed by atoms with Gasteiger partial charge in [-0.1, -0.05) is 13.3 Å². The van der Waals surface area contributed by atoms with Crippen LogP contribution in [0.4, 0.5) is 0 Å². The van der Waals surface area contributed by atoms with Gasteiger partial charge in [0.05, 0.1) is 0 Å². The van der Waals surface area contributed by atoms with Gasteiger partial charge in [-0.25, -0.2) is 0 Å². The number of aliphatic hydroxyl groups excluding tert-OH is 1. The average molecular weight is 227 g/mol. The monoisotopic (exact) mass is 227 g/mol. The molecule has 0 aromatic rings. The number of nitrogens with zero attached hydrogens (tertiary/aromatic N) is 1. The fraction of sp³-hybridized carbons (Fsp3) is 0.923. The highest BCUT2D eigenvalue weighted by Crippen LogP contribution is 2.33. The van der Waals surface area contributed by atoms with E-state index in [0.29, 0.717) is 24.8 Å². The lowest BCUT2D eigenvalue weighted by Crippen LogP contribution is -2.42. The van der Waals surface area contributed by atoms with Crippen LogP contribution in [0.5, 0.6) is 0 Å². The van der Waals surface area contributed by atoms with Crippen LogP contribution >= 0.6 is 0 Å². The van der Waals surface area contributed by atoms with Crippen molar-refractivity contribution in [1.82, 2.24) is 4.90 Å². The molecule has 0 aromatic heterocycles. The number of hydrogen-bond donors (Lipinski definition) is 1. The van der Waals surface area contributed by atoms with Crippen LogP contribution in [0.25, 0.3) is 0 Å². The van der Waals surface area contributed by atoms with Gasteiger partial charge < -0.3 is 10.0 Å². The third kappa shape index (κ3) is 3.21. The Kier molecular flexibility index (Phi) is 5.26. The quantitative estimate of drug-likeness (QED) is 0.781. The number of aliphatic hydroxyl groups is 1. The van der Waals surface area contributed by atoms with Crippen LogP contribution in [0.15, 0.2) is 0 Å². The van der Waals surface area contributed by atoms with Gasteiger partial charge >= 0.3 is 0 Å². The molecule has 0 bridgehead atoms. The van der Waals surface area contributed by atoms with Crippen molar-refractivity contribution in [3.05, 3.63) is 0 Å². The Bertz CT molecular complexity index is 228. The van der Waals surface area contributed by atoms with Crippen molar-refractivity contribution in [2.45, 2.75) is 52.5 Å². The third-order valence-electron chi connectivity index (χ3n) is 3.64. The van der Waals surface area contributed by atoms with Gasteiger partial charge in [-0.15, -0.1) is 0 Å². The van der Waals surface area contributed by atoms with E-state index in [2.05, 4.69) is 20.8 Å². The average Bonchev–Trinajstić information content (AvgIpc) is 2.64. The molecule has 1 aliphatic carbocycles. The van der Waals surface area contributed by atoms with Gasteiger partial charge in [0.1, 0.15) is 0 Å². The molecule has 2 unspecified atom stereocenters. The van der Waals surface area contributed by atoms with E-state index in [1.54, 1.807) is 0 Å². The van der Waals surface area contributed by atoms with Crippen LogP contribution in [0.1, 0.15) is 46.5 Å². The second-order valence-electron chi connectivity index (χ2n) is 5.22. The maximum absolute atomic E-state index is 12.3. The van der Waals surface area contributed by atoms with Gasteiger partial charge in [0.2, 0.25) is 5.91 Å². The second-order valence-corrected chi connectivity index (χ2v) is 5.22. The van der Waals surface area contributed by atoms with E-state index < -0.39 is 0 Å². The van der Waals surface area contributed by atoms with Gasteiger partial charge in [0, 0.05) is 25.1 Å². The fourth-order valence-electron chi connectivity index (χ4n) is 2.59. The van der Waals surface area contributed by atoms with E-state index in [-0.39, 0.29) is 18.6 Å². The summed E-state index contributed by atoms with van der Waals surface area (Å²) >= 11 is 0. The van der Waals surface area contributed by atoms with E-state index in [9.17, 15) is 4.79 Å². The van der Waals surface area contributed by atoms with Crippen LogP contribution in [0.2, 0.25) is 0 Å². The zero-order chi connectivity index (χ0) is 12.1. The maximum atomic E-state index is 12.3. The minimum atomic E-state index is 0.163. The van der Waals surface area contributed by atoms with Gasteiger partial charge in [-0.3, -0.25) is 4.79 Å². The molecular weight excluding hydrogens is 202 g/mol. The van der Waals surface area contributed by atoms with Gasteiger partial charge in [-0.2, -0.15) is 0 Å². The summed E-state index contributed by atoms with van der Waals surface area (Å²) in [5, 5.41) is 8.86. The minimum Gasteiger partial charge on any atom is -0.396 e. The molecule has 0 saturated heterocycles. The predicted molar refractivity (Wildman–Crippen MR) is 65.1 cm³/mol. The number of hydrogen-bond acceptors (Lipinski definition) is 2. The molecule has 0 spiro atoms. The highest BCUT2D eigenvalue weighted by molar-refractivity contribution is 5.79. The molecule has 16 heavy (non-hydrogen) atoms. The van der Waals surface area contributed by atoms with Gasteiger partial charge in [-0.05, 0) is 39.0 Å². The molecule has 1 saturated carbocycles. The van der Waals surface area contributed by atoms with Crippen LogP contribution in [0.3, 0.4) is 0 Å². The van der Waals surface area contributed by atoms with Crippen molar-refractivity contribution >= 4 is 5.91 Å². The molecule has 1 fully saturated rings. The van der Waals surface area contributed by atoms with E-state index in [1.807, 2.05) is 4.90 Å². The lowest BCUT2D eigenvalue weighted by Gasteiger charge is -2.30. The maximum Gasteiger partial charge on any atom is 0.226 e. The smallest absolute Gasteiger partial charge is 0.226 e. The Morgan fingerprint density at radius 3 is 2.56 bits per heavy atom. The van der Waals surface area contributed by atoms with Crippen LogP contribution < -0.4 is 0 Å². The molecule has 0 radical (unpaired) electrons. The molecule has 2 atom stereocenters. The zero-order valence-corrected chi connectivity index (χ0v) is 10.8.